The minimum Gasteiger partial charge on any atom is -0.497 e. The number of carbonyl (C=O) groups is 1. The number of piperazine rings is 1. The van der Waals surface area contributed by atoms with E-state index in [-0.39, 0.29) is 22.8 Å². The van der Waals surface area contributed by atoms with E-state index in [0.717, 1.165) is 29.7 Å². The van der Waals surface area contributed by atoms with E-state index in [1.165, 1.54) is 4.57 Å². The zero-order chi connectivity index (χ0) is 22.2. The Morgan fingerprint density at radius 1 is 1.03 bits per heavy atom. The van der Waals surface area contributed by atoms with E-state index in [0.29, 0.717) is 29.9 Å². The predicted octanol–water partition coefficient (Wildman–Crippen LogP) is 2.90. The van der Waals surface area contributed by atoms with Crippen LogP contribution in [0, 0.1) is 4.77 Å². The van der Waals surface area contributed by atoms with Gasteiger partial charge in [0.2, 0.25) is 5.91 Å². The first-order valence-corrected chi connectivity index (χ1v) is 10.9. The number of hydrogen-bond acceptors (Lipinski definition) is 5. The number of benzene rings is 2. The van der Waals surface area contributed by atoms with Gasteiger partial charge in [0.15, 0.2) is 4.77 Å². The Morgan fingerprint density at radius 3 is 2.50 bits per heavy atom. The first kappa shape index (κ1) is 20.3. The van der Waals surface area contributed by atoms with E-state index in [4.69, 9.17) is 17.0 Å². The summed E-state index contributed by atoms with van der Waals surface area (Å²) >= 11 is 5.44. The molecule has 2 aromatic carbocycles. The fourth-order valence-electron chi connectivity index (χ4n) is 4.22. The molecule has 0 aliphatic carbocycles. The Morgan fingerprint density at radius 2 is 1.78 bits per heavy atom. The molecular weight excluding hydrogens is 426 g/mol. The first-order chi connectivity index (χ1) is 15.5. The van der Waals surface area contributed by atoms with E-state index in [9.17, 15) is 9.59 Å². The van der Waals surface area contributed by atoms with E-state index in [1.807, 2.05) is 36.4 Å². The van der Waals surface area contributed by atoms with Gasteiger partial charge in [-0.25, -0.2) is 0 Å². The summed E-state index contributed by atoms with van der Waals surface area (Å²) in [6.45, 7) is 2.62. The Balaban J connectivity index is 1.38. The lowest BCUT2D eigenvalue weighted by molar-refractivity contribution is -0.132. The number of anilines is 1. The third-order valence-electron chi connectivity index (χ3n) is 5.99. The number of para-hydroxylation sites is 1. The highest BCUT2D eigenvalue weighted by Gasteiger charge is 2.23. The van der Waals surface area contributed by atoms with Crippen LogP contribution in [0.15, 0.2) is 53.3 Å². The van der Waals surface area contributed by atoms with Gasteiger partial charge in [0.25, 0.3) is 5.56 Å². The van der Waals surface area contributed by atoms with Crippen molar-refractivity contribution >= 4 is 45.7 Å². The number of aromatic amines is 2. The van der Waals surface area contributed by atoms with Crippen LogP contribution in [0.4, 0.5) is 5.69 Å². The smallest absolute Gasteiger partial charge is 0.279 e. The van der Waals surface area contributed by atoms with Gasteiger partial charge in [-0.3, -0.25) is 14.2 Å². The van der Waals surface area contributed by atoms with Crippen molar-refractivity contribution in [2.24, 2.45) is 0 Å². The lowest BCUT2D eigenvalue weighted by Gasteiger charge is -2.36. The molecule has 1 aliphatic heterocycles. The third kappa shape index (κ3) is 3.54. The molecule has 2 aromatic heterocycles. The van der Waals surface area contributed by atoms with Gasteiger partial charge < -0.3 is 24.5 Å². The summed E-state index contributed by atoms with van der Waals surface area (Å²) in [4.78, 5) is 36.4. The van der Waals surface area contributed by atoms with Crippen LogP contribution in [-0.2, 0) is 11.3 Å². The second kappa shape index (κ2) is 8.16. The highest BCUT2D eigenvalue weighted by molar-refractivity contribution is 7.71. The minimum absolute atomic E-state index is 0.0892. The maximum absolute atomic E-state index is 13.2. The number of fused-ring (bicyclic) bond motifs is 3. The van der Waals surface area contributed by atoms with Crippen LogP contribution in [0.25, 0.3) is 21.9 Å². The molecule has 1 saturated heterocycles. The van der Waals surface area contributed by atoms with E-state index in [1.54, 1.807) is 12.0 Å². The molecule has 5 rings (SSSR count). The van der Waals surface area contributed by atoms with Gasteiger partial charge in [-0.15, -0.1) is 0 Å². The number of rotatable bonds is 4. The largest absolute Gasteiger partial charge is 0.497 e. The molecule has 1 aliphatic rings. The Labute approximate surface area is 189 Å². The van der Waals surface area contributed by atoms with E-state index < -0.39 is 0 Å². The van der Waals surface area contributed by atoms with E-state index in [2.05, 4.69) is 27.0 Å². The molecule has 164 valence electrons. The highest BCUT2D eigenvalue weighted by atomic mass is 32.1. The number of H-pyrrole nitrogens is 2. The molecule has 0 saturated carbocycles. The second-order valence-electron chi connectivity index (χ2n) is 7.81. The van der Waals surface area contributed by atoms with Crippen LogP contribution in [0.2, 0.25) is 0 Å². The average Bonchev–Trinajstić information content (AvgIpc) is 3.20. The standard InChI is InChI=1S/C23H23N5O3S/c1-31-16-7-8-18-17(13-16)20-21(24-18)22(30)28(23(32)25-20)14-19(29)27-11-9-26(10-12-27)15-5-3-2-4-6-15/h2-8,13,24H,9-12,14H2,1H3,(H,25,32). The Bertz CT molecular complexity index is 1410. The molecule has 4 aromatic rings. The van der Waals surface area contributed by atoms with Crippen LogP contribution in [0.3, 0.4) is 0 Å². The molecule has 2 N–H and O–H groups in total. The van der Waals surface area contributed by atoms with Gasteiger partial charge in [0, 0.05) is 42.8 Å². The summed E-state index contributed by atoms with van der Waals surface area (Å²) in [7, 11) is 1.59. The maximum Gasteiger partial charge on any atom is 0.279 e. The van der Waals surface area contributed by atoms with E-state index >= 15 is 0 Å². The summed E-state index contributed by atoms with van der Waals surface area (Å²) in [5, 5.41) is 0.818. The Kier molecular flexibility index (Phi) is 5.18. The number of carbonyl (C=O) groups excluding carboxylic acids is 1. The zero-order valence-corrected chi connectivity index (χ0v) is 18.4. The van der Waals surface area contributed by atoms with Crippen molar-refractivity contribution in [3.8, 4) is 5.75 Å². The van der Waals surface area contributed by atoms with Crippen LogP contribution in [0.1, 0.15) is 0 Å². The van der Waals surface area contributed by atoms with Gasteiger partial charge in [0.05, 0.1) is 12.6 Å². The van der Waals surface area contributed by atoms with Crippen molar-refractivity contribution in [2.75, 3.05) is 38.2 Å². The molecule has 1 fully saturated rings. The number of amides is 1. The lowest BCUT2D eigenvalue weighted by Crippen LogP contribution is -2.50. The number of nitrogens with one attached hydrogen (secondary N) is 2. The summed E-state index contributed by atoms with van der Waals surface area (Å²) in [5.74, 6) is 0.572. The van der Waals surface area contributed by atoms with Gasteiger partial charge in [-0.1, -0.05) is 18.2 Å². The summed E-state index contributed by atoms with van der Waals surface area (Å²) in [6.07, 6.45) is 0. The monoisotopic (exact) mass is 449 g/mol. The lowest BCUT2D eigenvalue weighted by atomic mass is 10.2. The fourth-order valence-corrected chi connectivity index (χ4v) is 4.47. The van der Waals surface area contributed by atoms with Crippen molar-refractivity contribution in [1.29, 1.82) is 0 Å². The van der Waals surface area contributed by atoms with Crippen molar-refractivity contribution in [1.82, 2.24) is 19.4 Å². The van der Waals surface area contributed by atoms with Crippen LogP contribution in [0.5, 0.6) is 5.75 Å². The number of hydrogen-bond donors (Lipinski definition) is 2. The molecule has 3 heterocycles. The van der Waals surface area contributed by atoms with Gasteiger partial charge in [0.1, 0.15) is 17.8 Å². The molecule has 0 atom stereocenters. The average molecular weight is 450 g/mol. The van der Waals surface area contributed by atoms with Gasteiger partial charge in [-0.2, -0.15) is 0 Å². The predicted molar refractivity (Wildman–Crippen MR) is 127 cm³/mol. The SMILES string of the molecule is COc1ccc2[nH]c3c(=O)n(CC(=O)N4CCN(c5ccccc5)CC4)c(=S)[nH]c3c2c1. The minimum atomic E-state index is -0.310. The fraction of sp³-hybridized carbons (Fsp3) is 0.261. The maximum atomic E-state index is 13.2. The summed E-state index contributed by atoms with van der Waals surface area (Å²) < 4.78 is 6.84. The normalized spacial score (nSPS) is 14.3. The van der Waals surface area contributed by atoms with Gasteiger partial charge >= 0.3 is 0 Å². The second-order valence-corrected chi connectivity index (χ2v) is 8.20. The first-order valence-electron chi connectivity index (χ1n) is 10.5. The van der Waals surface area contributed by atoms with Crippen molar-refractivity contribution < 1.29 is 9.53 Å². The molecule has 32 heavy (non-hydrogen) atoms. The van der Waals surface area contributed by atoms with Crippen molar-refractivity contribution in [2.45, 2.75) is 6.54 Å². The quantitative estimate of drug-likeness (QED) is 0.468. The summed E-state index contributed by atoms with van der Waals surface area (Å²) in [6, 6.07) is 15.7. The Hall–Kier alpha value is -3.59. The molecule has 0 bridgehead atoms. The van der Waals surface area contributed by atoms with Crippen molar-refractivity contribution in [3.05, 3.63) is 63.7 Å². The molecule has 0 spiro atoms. The zero-order valence-electron chi connectivity index (χ0n) is 17.6. The van der Waals surface area contributed by atoms with Crippen LogP contribution >= 0.6 is 12.2 Å². The highest BCUT2D eigenvalue weighted by Crippen LogP contribution is 2.26. The number of aromatic nitrogens is 3. The number of nitrogens with zero attached hydrogens (tertiary/aromatic N) is 3. The molecule has 8 nitrogen and oxygen atoms in total. The van der Waals surface area contributed by atoms with Gasteiger partial charge in [-0.05, 0) is 42.5 Å². The number of methoxy groups -OCH3 is 1. The third-order valence-corrected chi connectivity index (χ3v) is 6.31. The number of ether oxygens (including phenoxy) is 1. The topological polar surface area (TPSA) is 86.4 Å². The van der Waals surface area contributed by atoms with Crippen molar-refractivity contribution in [3.63, 3.8) is 0 Å². The molecule has 0 unspecified atom stereocenters. The van der Waals surface area contributed by atoms with Crippen LogP contribution < -0.4 is 15.2 Å². The molecule has 9 heteroatoms. The molecule has 1 amide bonds. The molecule has 0 radical (unpaired) electrons. The molecular formula is C23H23N5O3S. The summed E-state index contributed by atoms with van der Waals surface area (Å²) in [5.41, 5.74) is 2.65. The van der Waals surface area contributed by atoms with Crippen LogP contribution in [-0.4, -0.2) is 58.6 Å².